The Kier molecular flexibility index (Phi) is 2.76. The number of halogens is 3. The molecule has 2 heterocycles. The van der Waals surface area contributed by atoms with Gasteiger partial charge >= 0.3 is 0 Å². The van der Waals surface area contributed by atoms with Crippen LogP contribution in [0.4, 0.5) is 4.39 Å². The van der Waals surface area contributed by atoms with E-state index in [-0.39, 0.29) is 5.82 Å². The number of rotatable bonds is 1. The van der Waals surface area contributed by atoms with Gasteiger partial charge in [0.1, 0.15) is 11.0 Å². The van der Waals surface area contributed by atoms with Crippen LogP contribution in [-0.4, -0.2) is 19.8 Å². The van der Waals surface area contributed by atoms with Crippen molar-refractivity contribution in [3.05, 3.63) is 45.8 Å². The first kappa shape index (κ1) is 11.6. The van der Waals surface area contributed by atoms with Crippen molar-refractivity contribution in [2.24, 2.45) is 0 Å². The lowest BCUT2D eigenvalue weighted by Gasteiger charge is -2.02. The molecule has 4 nitrogen and oxygen atoms in total. The van der Waals surface area contributed by atoms with Crippen LogP contribution in [0.5, 0.6) is 0 Å². The Hall–Kier alpha value is -1.53. The number of fused-ring (bicyclic) bond motifs is 1. The summed E-state index contributed by atoms with van der Waals surface area (Å²) in [4.78, 5) is 0. The molecule has 0 aliphatic rings. The van der Waals surface area contributed by atoms with Gasteiger partial charge in [0.2, 0.25) is 0 Å². The number of hydrogen-bond acceptors (Lipinski definition) is 3. The second-order valence-electron chi connectivity index (χ2n) is 3.57. The molecule has 0 atom stereocenters. The van der Waals surface area contributed by atoms with E-state index in [1.165, 1.54) is 16.6 Å². The number of hydrogen-bond donors (Lipinski definition) is 0. The van der Waals surface area contributed by atoms with Gasteiger partial charge in [-0.1, -0.05) is 27.5 Å². The molecule has 0 N–H and O–H groups in total. The average molecular weight is 328 g/mol. The molecule has 7 heteroatoms. The maximum absolute atomic E-state index is 13.3. The van der Waals surface area contributed by atoms with E-state index >= 15 is 0 Å². The van der Waals surface area contributed by atoms with Crippen LogP contribution in [0.15, 0.2) is 34.8 Å². The van der Waals surface area contributed by atoms with Crippen LogP contribution in [-0.2, 0) is 0 Å². The first-order valence-corrected chi connectivity index (χ1v) is 6.15. The minimum Gasteiger partial charge on any atom is -0.207 e. The monoisotopic (exact) mass is 326 g/mol. The smallest absolute Gasteiger partial charge is 0.186 e. The molecule has 0 saturated carbocycles. The molecule has 3 aromatic rings. The summed E-state index contributed by atoms with van der Waals surface area (Å²) in [6.07, 6.45) is 0. The van der Waals surface area contributed by atoms with Gasteiger partial charge in [-0.25, -0.2) is 4.39 Å². The molecule has 0 radical (unpaired) electrons. The first-order valence-electron chi connectivity index (χ1n) is 4.98. The molecule has 3 rings (SSSR count). The standard InChI is InChI=1S/C11H5BrClFN4/c12-8-2-1-6(14)5-7(8)11-16-15-10-4-3-9(13)17-18(10)11/h1-5H. The normalized spacial score (nSPS) is 11.1. The average Bonchev–Trinajstić information content (AvgIpc) is 2.75. The van der Waals surface area contributed by atoms with Gasteiger partial charge in [0.25, 0.3) is 0 Å². The lowest BCUT2D eigenvalue weighted by atomic mass is 10.2. The van der Waals surface area contributed by atoms with Gasteiger partial charge in [-0.2, -0.15) is 9.61 Å². The Morgan fingerprint density at radius 3 is 2.83 bits per heavy atom. The zero-order valence-corrected chi connectivity index (χ0v) is 11.2. The molecule has 0 unspecified atom stereocenters. The Labute approximate surface area is 115 Å². The van der Waals surface area contributed by atoms with Crippen molar-refractivity contribution in [1.29, 1.82) is 0 Å². The van der Waals surface area contributed by atoms with Crippen molar-refractivity contribution in [1.82, 2.24) is 19.8 Å². The van der Waals surface area contributed by atoms with Crippen molar-refractivity contribution in [2.45, 2.75) is 0 Å². The summed E-state index contributed by atoms with van der Waals surface area (Å²) in [5.41, 5.74) is 1.11. The van der Waals surface area contributed by atoms with Crippen LogP contribution in [0.2, 0.25) is 5.15 Å². The Balaban J connectivity index is 2.31. The molecule has 0 amide bonds. The summed E-state index contributed by atoms with van der Waals surface area (Å²) in [5, 5.41) is 12.4. The molecule has 18 heavy (non-hydrogen) atoms. The van der Waals surface area contributed by atoms with Gasteiger partial charge in [0, 0.05) is 10.0 Å². The molecule has 0 aliphatic carbocycles. The summed E-state index contributed by atoms with van der Waals surface area (Å²) in [7, 11) is 0. The zero-order chi connectivity index (χ0) is 12.7. The fourth-order valence-corrected chi connectivity index (χ4v) is 2.17. The van der Waals surface area contributed by atoms with E-state index in [1.54, 1.807) is 18.2 Å². The van der Waals surface area contributed by atoms with E-state index in [0.29, 0.717) is 26.7 Å². The molecule has 0 spiro atoms. The fourth-order valence-electron chi connectivity index (χ4n) is 1.60. The topological polar surface area (TPSA) is 43.1 Å². The van der Waals surface area contributed by atoms with Crippen LogP contribution >= 0.6 is 27.5 Å². The highest BCUT2D eigenvalue weighted by atomic mass is 79.9. The summed E-state index contributed by atoms with van der Waals surface area (Å²) < 4.78 is 15.5. The predicted octanol–water partition coefficient (Wildman–Crippen LogP) is 3.35. The van der Waals surface area contributed by atoms with Gasteiger partial charge in [-0.15, -0.1) is 10.2 Å². The Morgan fingerprint density at radius 1 is 1.17 bits per heavy atom. The van der Waals surface area contributed by atoms with E-state index in [1.807, 2.05) is 0 Å². The zero-order valence-electron chi connectivity index (χ0n) is 8.81. The molecule has 0 saturated heterocycles. The molecule has 0 fully saturated rings. The second-order valence-corrected chi connectivity index (χ2v) is 4.82. The summed E-state index contributed by atoms with van der Waals surface area (Å²) in [6.45, 7) is 0. The van der Waals surface area contributed by atoms with Crippen molar-refractivity contribution in [3.8, 4) is 11.4 Å². The molecular formula is C11H5BrClFN4. The first-order chi connectivity index (χ1) is 8.65. The van der Waals surface area contributed by atoms with Crippen LogP contribution < -0.4 is 0 Å². The van der Waals surface area contributed by atoms with Gasteiger partial charge in [-0.3, -0.25) is 0 Å². The van der Waals surface area contributed by atoms with Crippen molar-refractivity contribution in [2.75, 3.05) is 0 Å². The van der Waals surface area contributed by atoms with Crippen molar-refractivity contribution in [3.63, 3.8) is 0 Å². The maximum atomic E-state index is 13.3. The summed E-state index contributed by atoms with van der Waals surface area (Å²) >= 11 is 9.18. The highest BCUT2D eigenvalue weighted by molar-refractivity contribution is 9.10. The molecule has 2 aromatic heterocycles. The van der Waals surface area contributed by atoms with Gasteiger partial charge < -0.3 is 0 Å². The van der Waals surface area contributed by atoms with E-state index < -0.39 is 0 Å². The van der Waals surface area contributed by atoms with Gasteiger partial charge in [0.05, 0.1) is 0 Å². The van der Waals surface area contributed by atoms with Gasteiger partial charge in [0.15, 0.2) is 11.5 Å². The van der Waals surface area contributed by atoms with E-state index in [4.69, 9.17) is 11.6 Å². The predicted molar refractivity (Wildman–Crippen MR) is 68.9 cm³/mol. The SMILES string of the molecule is Fc1ccc(Br)c(-c2nnc3ccc(Cl)nn23)c1. The summed E-state index contributed by atoms with van der Waals surface area (Å²) in [6, 6.07) is 7.64. The van der Waals surface area contributed by atoms with E-state index in [0.717, 1.165) is 0 Å². The molecular weight excluding hydrogens is 323 g/mol. The number of benzene rings is 1. The number of aromatic nitrogens is 4. The van der Waals surface area contributed by atoms with Crippen LogP contribution in [0.25, 0.3) is 17.0 Å². The highest BCUT2D eigenvalue weighted by Crippen LogP contribution is 2.27. The van der Waals surface area contributed by atoms with E-state index in [2.05, 4.69) is 31.2 Å². The van der Waals surface area contributed by atoms with Crippen molar-refractivity contribution < 1.29 is 4.39 Å². The van der Waals surface area contributed by atoms with Gasteiger partial charge in [-0.05, 0) is 30.3 Å². The molecule has 0 bridgehead atoms. The molecule has 0 aliphatic heterocycles. The molecule has 90 valence electrons. The quantitative estimate of drug-likeness (QED) is 0.688. The fraction of sp³-hybridized carbons (Fsp3) is 0. The minimum atomic E-state index is -0.355. The van der Waals surface area contributed by atoms with Crippen LogP contribution in [0.1, 0.15) is 0 Å². The minimum absolute atomic E-state index is 0.316. The number of nitrogens with zero attached hydrogens (tertiary/aromatic N) is 4. The summed E-state index contributed by atoms with van der Waals surface area (Å²) in [5.74, 6) is 0.0749. The second kappa shape index (κ2) is 4.29. The van der Waals surface area contributed by atoms with Crippen LogP contribution in [0.3, 0.4) is 0 Å². The lowest BCUT2D eigenvalue weighted by Crippen LogP contribution is -1.96. The third-order valence-corrected chi connectivity index (χ3v) is 3.29. The Morgan fingerprint density at radius 2 is 2.00 bits per heavy atom. The highest BCUT2D eigenvalue weighted by Gasteiger charge is 2.13. The van der Waals surface area contributed by atoms with Crippen LogP contribution in [0, 0.1) is 5.82 Å². The van der Waals surface area contributed by atoms with Crippen molar-refractivity contribution >= 4 is 33.2 Å². The van der Waals surface area contributed by atoms with E-state index in [9.17, 15) is 4.39 Å². The molecule has 1 aromatic carbocycles. The largest absolute Gasteiger partial charge is 0.207 e. The maximum Gasteiger partial charge on any atom is 0.186 e. The Bertz CT molecular complexity index is 743. The third-order valence-electron chi connectivity index (χ3n) is 2.40. The lowest BCUT2D eigenvalue weighted by molar-refractivity contribution is 0.628. The third kappa shape index (κ3) is 1.87.